The van der Waals surface area contributed by atoms with Crippen LogP contribution in [0, 0.1) is 6.92 Å². The van der Waals surface area contributed by atoms with Gasteiger partial charge in [-0.1, -0.05) is 0 Å². The highest BCUT2D eigenvalue weighted by atomic mass is 16.1. The maximum atomic E-state index is 12.5. The average molecular weight is 233 g/mol. The molecule has 4 heteroatoms. The molecule has 0 spiro atoms. The lowest BCUT2D eigenvalue weighted by molar-refractivity contribution is 0.102. The molecular weight excluding hydrogens is 214 g/mol. The van der Waals surface area contributed by atoms with E-state index in [1.807, 2.05) is 39.2 Å². The number of aryl methyl sites for hydroxylation is 2. The lowest BCUT2D eigenvalue weighted by atomic mass is 10.0. The predicted octanol–water partition coefficient (Wildman–Crippen LogP) is 1.69. The van der Waals surface area contributed by atoms with E-state index in [1.54, 1.807) is 4.68 Å². The molecule has 0 atom stereocenters. The number of carbonyl (C=O) groups is 1. The second-order valence-corrected chi connectivity index (χ2v) is 4.83. The Bertz CT molecular complexity index is 483. The zero-order valence-corrected chi connectivity index (χ0v) is 10.9. The Morgan fingerprint density at radius 3 is 2.71 bits per heavy atom. The van der Waals surface area contributed by atoms with Crippen molar-refractivity contribution < 1.29 is 4.79 Å². The lowest BCUT2D eigenvalue weighted by Gasteiger charge is -2.09. The number of hydrogen-bond donors (Lipinski definition) is 0. The van der Waals surface area contributed by atoms with E-state index < -0.39 is 0 Å². The molecule has 17 heavy (non-hydrogen) atoms. The van der Waals surface area contributed by atoms with Crippen LogP contribution < -0.4 is 0 Å². The van der Waals surface area contributed by atoms with Crippen molar-refractivity contribution in [3.63, 3.8) is 0 Å². The topological polar surface area (TPSA) is 38.1 Å². The van der Waals surface area contributed by atoms with E-state index in [-0.39, 0.29) is 5.78 Å². The maximum absolute atomic E-state index is 12.5. The van der Waals surface area contributed by atoms with Gasteiger partial charge in [0.25, 0.3) is 0 Å². The fourth-order valence-corrected chi connectivity index (χ4v) is 2.30. The molecule has 0 aliphatic heterocycles. The molecule has 1 aromatic rings. The Balaban J connectivity index is 2.49. The summed E-state index contributed by atoms with van der Waals surface area (Å²) in [6.07, 6.45) is 4.67. The Kier molecular flexibility index (Phi) is 3.05. The third-order valence-electron chi connectivity index (χ3n) is 3.20. The van der Waals surface area contributed by atoms with Gasteiger partial charge in [0, 0.05) is 38.6 Å². The summed E-state index contributed by atoms with van der Waals surface area (Å²) in [6, 6.07) is 0. The smallest absolute Gasteiger partial charge is 0.194 e. The number of ketones is 1. The highest BCUT2D eigenvalue weighted by Crippen LogP contribution is 2.25. The van der Waals surface area contributed by atoms with Gasteiger partial charge in [-0.2, -0.15) is 5.10 Å². The van der Waals surface area contributed by atoms with Gasteiger partial charge in [-0.15, -0.1) is 0 Å². The van der Waals surface area contributed by atoms with Crippen LogP contribution in [0.1, 0.15) is 34.6 Å². The van der Waals surface area contributed by atoms with E-state index in [0.29, 0.717) is 0 Å². The third kappa shape index (κ3) is 2.12. The largest absolute Gasteiger partial charge is 0.383 e. The van der Waals surface area contributed by atoms with Gasteiger partial charge >= 0.3 is 0 Å². The van der Waals surface area contributed by atoms with Crippen molar-refractivity contribution in [1.29, 1.82) is 0 Å². The number of aromatic nitrogens is 2. The summed E-state index contributed by atoms with van der Waals surface area (Å²) < 4.78 is 1.81. The number of allylic oxidation sites excluding steroid dienone is 1. The first kappa shape index (κ1) is 11.9. The lowest BCUT2D eigenvalue weighted by Crippen LogP contribution is -2.10. The van der Waals surface area contributed by atoms with E-state index in [0.717, 1.165) is 41.8 Å². The van der Waals surface area contributed by atoms with Crippen molar-refractivity contribution in [1.82, 2.24) is 14.7 Å². The van der Waals surface area contributed by atoms with E-state index in [9.17, 15) is 4.79 Å². The van der Waals surface area contributed by atoms with Crippen molar-refractivity contribution in [3.05, 3.63) is 28.7 Å². The number of Topliss-reactive ketones (excluding diaryl/α,β-unsaturated/α-hetero) is 1. The highest BCUT2D eigenvalue weighted by molar-refractivity contribution is 6.10. The molecule has 1 aliphatic rings. The zero-order valence-electron chi connectivity index (χ0n) is 10.9. The van der Waals surface area contributed by atoms with Crippen molar-refractivity contribution in [2.24, 2.45) is 7.05 Å². The van der Waals surface area contributed by atoms with E-state index in [1.165, 1.54) is 0 Å². The van der Waals surface area contributed by atoms with E-state index in [4.69, 9.17) is 0 Å². The van der Waals surface area contributed by atoms with Crippen LogP contribution in [-0.2, 0) is 13.5 Å². The van der Waals surface area contributed by atoms with Gasteiger partial charge in [0.15, 0.2) is 5.78 Å². The van der Waals surface area contributed by atoms with Crippen molar-refractivity contribution in [2.45, 2.75) is 26.2 Å². The minimum atomic E-state index is 0.150. The molecule has 0 saturated heterocycles. The fourth-order valence-electron chi connectivity index (χ4n) is 2.30. The molecule has 92 valence electrons. The number of fused-ring (bicyclic) bond motifs is 1. The minimum Gasteiger partial charge on any atom is -0.383 e. The average Bonchev–Trinajstić information content (AvgIpc) is 2.42. The van der Waals surface area contributed by atoms with Crippen LogP contribution in [0.2, 0.25) is 0 Å². The molecule has 0 N–H and O–H groups in total. The first-order valence-electron chi connectivity index (χ1n) is 5.95. The Hall–Kier alpha value is -1.58. The predicted molar refractivity (Wildman–Crippen MR) is 67.0 cm³/mol. The van der Waals surface area contributed by atoms with Gasteiger partial charge in [0.2, 0.25) is 0 Å². The summed E-state index contributed by atoms with van der Waals surface area (Å²) in [6.45, 7) is 1.96. The summed E-state index contributed by atoms with van der Waals surface area (Å²) in [5, 5.41) is 4.43. The molecule has 0 amide bonds. The zero-order chi connectivity index (χ0) is 12.6. The molecule has 0 bridgehead atoms. The van der Waals surface area contributed by atoms with Gasteiger partial charge in [-0.3, -0.25) is 9.48 Å². The monoisotopic (exact) mass is 233 g/mol. The summed E-state index contributed by atoms with van der Waals surface area (Å²) in [5.41, 5.74) is 3.64. The summed E-state index contributed by atoms with van der Waals surface area (Å²) in [7, 11) is 5.79. The second-order valence-electron chi connectivity index (χ2n) is 4.83. The molecule has 0 radical (unpaired) electrons. The van der Waals surface area contributed by atoms with Crippen LogP contribution in [-0.4, -0.2) is 34.6 Å². The molecule has 2 rings (SSSR count). The van der Waals surface area contributed by atoms with Gasteiger partial charge in [0.05, 0.1) is 11.3 Å². The molecule has 1 aliphatic carbocycles. The third-order valence-corrected chi connectivity index (χ3v) is 3.20. The van der Waals surface area contributed by atoms with Gasteiger partial charge < -0.3 is 4.90 Å². The van der Waals surface area contributed by atoms with E-state index in [2.05, 4.69) is 5.10 Å². The minimum absolute atomic E-state index is 0.150. The van der Waals surface area contributed by atoms with Crippen molar-refractivity contribution in [3.8, 4) is 0 Å². The first-order chi connectivity index (χ1) is 8.00. The summed E-state index contributed by atoms with van der Waals surface area (Å²) in [5.74, 6) is 0.150. The summed E-state index contributed by atoms with van der Waals surface area (Å²) >= 11 is 0. The number of nitrogens with zero attached hydrogens (tertiary/aromatic N) is 3. The van der Waals surface area contributed by atoms with Crippen molar-refractivity contribution >= 4 is 5.78 Å². The van der Waals surface area contributed by atoms with Crippen LogP contribution in [0.4, 0.5) is 0 Å². The first-order valence-corrected chi connectivity index (χ1v) is 5.95. The molecule has 0 fully saturated rings. The van der Waals surface area contributed by atoms with Crippen LogP contribution in [0.3, 0.4) is 0 Å². The normalized spacial score (nSPS) is 18.1. The number of hydrogen-bond acceptors (Lipinski definition) is 3. The molecular formula is C13H19N3O. The second kappa shape index (κ2) is 4.35. The quantitative estimate of drug-likeness (QED) is 0.547. The maximum Gasteiger partial charge on any atom is 0.194 e. The van der Waals surface area contributed by atoms with Crippen LogP contribution in [0.25, 0.3) is 0 Å². The van der Waals surface area contributed by atoms with Gasteiger partial charge in [-0.05, 0) is 26.2 Å². The fraction of sp³-hybridized carbons (Fsp3) is 0.538. The molecule has 4 nitrogen and oxygen atoms in total. The van der Waals surface area contributed by atoms with Gasteiger partial charge in [0.1, 0.15) is 0 Å². The molecule has 0 saturated carbocycles. The Morgan fingerprint density at radius 1 is 1.35 bits per heavy atom. The van der Waals surface area contributed by atoms with Crippen LogP contribution >= 0.6 is 0 Å². The Labute approximate surface area is 102 Å². The van der Waals surface area contributed by atoms with Crippen LogP contribution in [0.5, 0.6) is 0 Å². The molecule has 0 aromatic carbocycles. The molecule has 1 heterocycles. The van der Waals surface area contributed by atoms with Crippen LogP contribution in [0.15, 0.2) is 11.8 Å². The highest BCUT2D eigenvalue weighted by Gasteiger charge is 2.25. The van der Waals surface area contributed by atoms with E-state index >= 15 is 0 Å². The SMILES string of the molecule is Cc1c2c(nn1C)CCC/C(=C\N(C)C)C2=O. The molecule has 0 unspecified atom stereocenters. The van der Waals surface area contributed by atoms with Gasteiger partial charge in [-0.25, -0.2) is 0 Å². The standard InChI is InChI=1S/C13H19N3O/c1-9-12-11(14-16(9)4)7-5-6-10(13(12)17)8-15(2)3/h8H,5-7H2,1-4H3/b10-8+. The summed E-state index contributed by atoms with van der Waals surface area (Å²) in [4.78, 5) is 14.4. The molecule has 1 aromatic heterocycles. The number of rotatable bonds is 1. The Morgan fingerprint density at radius 2 is 2.06 bits per heavy atom. The van der Waals surface area contributed by atoms with Crippen molar-refractivity contribution in [2.75, 3.05) is 14.1 Å². The number of carbonyl (C=O) groups excluding carboxylic acids is 1.